The number of nitrogens with zero attached hydrogens (tertiary/aromatic N) is 2. The summed E-state index contributed by atoms with van der Waals surface area (Å²) in [4.78, 5) is 14.0. The molecule has 74 valence electrons. The average Bonchev–Trinajstić information content (AvgIpc) is 2.73. The van der Waals surface area contributed by atoms with Crippen molar-refractivity contribution in [3.05, 3.63) is 35.4 Å². The molecule has 0 spiro atoms. The highest BCUT2D eigenvalue weighted by Gasteiger charge is 2.15. The second-order valence-electron chi connectivity index (χ2n) is 3.31. The number of rotatable bonds is 2. The minimum atomic E-state index is -0.808. The Labute approximate surface area is 81.2 Å². The fraction of sp³-hybridized carbons (Fsp3) is 0.333. The molecule has 2 rings (SSSR count). The Hall–Kier alpha value is -1.62. The van der Waals surface area contributed by atoms with Crippen LogP contribution in [0.4, 0.5) is 0 Å². The summed E-state index contributed by atoms with van der Waals surface area (Å²) < 4.78 is 0. The molecule has 0 aromatic carbocycles. The van der Waals surface area contributed by atoms with Crippen LogP contribution in [-0.4, -0.2) is 25.0 Å². The van der Waals surface area contributed by atoms with Gasteiger partial charge in [0, 0.05) is 23.8 Å². The van der Waals surface area contributed by atoms with Gasteiger partial charge in [-0.2, -0.15) is 0 Å². The molecule has 14 heavy (non-hydrogen) atoms. The summed E-state index contributed by atoms with van der Waals surface area (Å²) in [5.74, 6) is 1.02. The van der Waals surface area contributed by atoms with E-state index in [9.17, 15) is 5.11 Å². The molecular formula is C9H12N4O. The van der Waals surface area contributed by atoms with E-state index in [2.05, 4.69) is 19.9 Å². The normalized spacial score (nSPS) is 11.1. The monoisotopic (exact) mass is 192 g/mol. The highest BCUT2D eigenvalue weighted by atomic mass is 16.3. The number of hydrogen-bond donors (Lipinski definition) is 3. The Bertz CT molecular complexity index is 391. The molecule has 0 bridgehead atoms. The van der Waals surface area contributed by atoms with Crippen LogP contribution in [0.15, 0.2) is 12.4 Å². The second kappa shape index (κ2) is 3.26. The summed E-state index contributed by atoms with van der Waals surface area (Å²) in [5.41, 5.74) is 1.84. The van der Waals surface area contributed by atoms with Crippen molar-refractivity contribution >= 4 is 0 Å². The van der Waals surface area contributed by atoms with Crippen molar-refractivity contribution < 1.29 is 5.11 Å². The van der Waals surface area contributed by atoms with Gasteiger partial charge in [-0.25, -0.2) is 9.97 Å². The second-order valence-corrected chi connectivity index (χ2v) is 3.31. The molecule has 0 saturated heterocycles. The zero-order valence-electron chi connectivity index (χ0n) is 8.07. The molecule has 0 aliphatic rings. The van der Waals surface area contributed by atoms with Gasteiger partial charge in [-0.1, -0.05) is 0 Å². The molecule has 0 atom stereocenters. The number of aliphatic hydroxyl groups is 1. The van der Waals surface area contributed by atoms with Gasteiger partial charge in [-0.05, 0) is 13.8 Å². The third-order valence-corrected chi connectivity index (χ3v) is 1.96. The van der Waals surface area contributed by atoms with Crippen molar-refractivity contribution in [2.24, 2.45) is 0 Å². The van der Waals surface area contributed by atoms with Gasteiger partial charge in [0.15, 0.2) is 6.10 Å². The van der Waals surface area contributed by atoms with Crippen molar-refractivity contribution in [1.29, 1.82) is 0 Å². The summed E-state index contributed by atoms with van der Waals surface area (Å²) in [6.07, 6.45) is 2.54. The van der Waals surface area contributed by atoms with Crippen LogP contribution in [0.2, 0.25) is 0 Å². The van der Waals surface area contributed by atoms with Gasteiger partial charge in [0.2, 0.25) is 0 Å². The number of H-pyrrole nitrogens is 2. The van der Waals surface area contributed by atoms with E-state index in [0.717, 1.165) is 11.4 Å². The maximum atomic E-state index is 9.83. The SMILES string of the molecule is Cc1cnc(C(O)c2ncc(C)[nH]2)[nH]1. The fourth-order valence-corrected chi connectivity index (χ4v) is 1.27. The summed E-state index contributed by atoms with van der Waals surface area (Å²) in [6.45, 7) is 3.77. The van der Waals surface area contributed by atoms with E-state index >= 15 is 0 Å². The number of nitrogens with one attached hydrogen (secondary N) is 2. The Morgan fingerprint density at radius 3 is 1.79 bits per heavy atom. The first kappa shape index (κ1) is 8.96. The standard InChI is InChI=1S/C9H12N4O/c1-5-3-10-8(12-5)7(14)9-11-4-6(2)13-9/h3-4,7,14H,1-2H3,(H,10,12)(H,11,13). The van der Waals surface area contributed by atoms with E-state index in [0.29, 0.717) is 11.6 Å². The Morgan fingerprint density at radius 1 is 1.07 bits per heavy atom. The lowest BCUT2D eigenvalue weighted by Gasteiger charge is -2.03. The lowest BCUT2D eigenvalue weighted by atomic mass is 10.3. The van der Waals surface area contributed by atoms with E-state index in [1.165, 1.54) is 0 Å². The first-order valence-electron chi connectivity index (χ1n) is 4.38. The molecule has 2 aromatic heterocycles. The van der Waals surface area contributed by atoms with Crippen LogP contribution in [0.3, 0.4) is 0 Å². The Balaban J connectivity index is 2.28. The lowest BCUT2D eigenvalue weighted by molar-refractivity contribution is 0.201. The highest BCUT2D eigenvalue weighted by molar-refractivity contribution is 5.11. The van der Waals surface area contributed by atoms with Crippen LogP contribution in [-0.2, 0) is 0 Å². The molecule has 0 fully saturated rings. The molecule has 5 heteroatoms. The molecular weight excluding hydrogens is 180 g/mol. The van der Waals surface area contributed by atoms with Gasteiger partial charge in [0.05, 0.1) is 0 Å². The summed E-state index contributed by atoms with van der Waals surface area (Å²) in [7, 11) is 0. The number of imidazole rings is 2. The van der Waals surface area contributed by atoms with Crippen LogP contribution < -0.4 is 0 Å². The largest absolute Gasteiger partial charge is 0.377 e. The molecule has 0 amide bonds. The van der Waals surface area contributed by atoms with Gasteiger partial charge in [0.25, 0.3) is 0 Å². The number of aromatic nitrogens is 4. The zero-order valence-corrected chi connectivity index (χ0v) is 8.07. The van der Waals surface area contributed by atoms with E-state index in [1.807, 2.05) is 13.8 Å². The first-order valence-corrected chi connectivity index (χ1v) is 4.38. The van der Waals surface area contributed by atoms with Crippen molar-refractivity contribution in [2.45, 2.75) is 20.0 Å². The molecule has 0 saturated carbocycles. The summed E-state index contributed by atoms with van der Waals surface area (Å²) in [5, 5.41) is 9.83. The molecule has 3 N–H and O–H groups in total. The smallest absolute Gasteiger partial charge is 0.169 e. The fourth-order valence-electron chi connectivity index (χ4n) is 1.27. The summed E-state index contributed by atoms with van der Waals surface area (Å²) >= 11 is 0. The van der Waals surface area contributed by atoms with Gasteiger partial charge >= 0.3 is 0 Å². The predicted molar refractivity (Wildman–Crippen MR) is 50.7 cm³/mol. The zero-order chi connectivity index (χ0) is 10.1. The van der Waals surface area contributed by atoms with Gasteiger partial charge in [-0.15, -0.1) is 0 Å². The van der Waals surface area contributed by atoms with Crippen LogP contribution in [0.25, 0.3) is 0 Å². The van der Waals surface area contributed by atoms with E-state index in [-0.39, 0.29) is 0 Å². The van der Waals surface area contributed by atoms with Crippen molar-refractivity contribution in [1.82, 2.24) is 19.9 Å². The van der Waals surface area contributed by atoms with E-state index in [4.69, 9.17) is 0 Å². The predicted octanol–water partition coefficient (Wildman–Crippen LogP) is 0.831. The number of aryl methyl sites for hydroxylation is 2. The minimum Gasteiger partial charge on any atom is -0.377 e. The van der Waals surface area contributed by atoms with Gasteiger partial charge in [-0.3, -0.25) is 0 Å². The van der Waals surface area contributed by atoms with Crippen molar-refractivity contribution in [3.8, 4) is 0 Å². The third kappa shape index (κ3) is 1.54. The minimum absolute atomic E-state index is 0.511. The lowest BCUT2D eigenvalue weighted by Crippen LogP contribution is -2.04. The van der Waals surface area contributed by atoms with Crippen molar-refractivity contribution in [3.63, 3.8) is 0 Å². The Kier molecular flexibility index (Phi) is 2.09. The Morgan fingerprint density at radius 2 is 1.50 bits per heavy atom. The highest BCUT2D eigenvalue weighted by Crippen LogP contribution is 2.15. The molecule has 5 nitrogen and oxygen atoms in total. The van der Waals surface area contributed by atoms with Crippen LogP contribution >= 0.6 is 0 Å². The van der Waals surface area contributed by atoms with Gasteiger partial charge < -0.3 is 15.1 Å². The summed E-state index contributed by atoms with van der Waals surface area (Å²) in [6, 6.07) is 0. The van der Waals surface area contributed by atoms with Gasteiger partial charge in [0.1, 0.15) is 11.6 Å². The number of hydrogen-bond acceptors (Lipinski definition) is 3. The quantitative estimate of drug-likeness (QED) is 0.659. The topological polar surface area (TPSA) is 77.6 Å². The maximum Gasteiger partial charge on any atom is 0.169 e. The first-order chi connectivity index (χ1) is 6.66. The van der Waals surface area contributed by atoms with E-state index in [1.54, 1.807) is 12.4 Å². The van der Waals surface area contributed by atoms with E-state index < -0.39 is 6.10 Å². The molecule has 2 heterocycles. The molecule has 0 unspecified atom stereocenters. The van der Waals surface area contributed by atoms with Crippen molar-refractivity contribution in [2.75, 3.05) is 0 Å². The molecule has 0 aliphatic heterocycles. The molecule has 0 radical (unpaired) electrons. The number of aromatic amines is 2. The number of aliphatic hydroxyl groups excluding tert-OH is 1. The average molecular weight is 192 g/mol. The van der Waals surface area contributed by atoms with Crippen LogP contribution in [0, 0.1) is 13.8 Å². The van der Waals surface area contributed by atoms with Crippen LogP contribution in [0.1, 0.15) is 29.1 Å². The molecule has 2 aromatic rings. The third-order valence-electron chi connectivity index (χ3n) is 1.96. The molecule has 0 aliphatic carbocycles. The van der Waals surface area contributed by atoms with Crippen LogP contribution in [0.5, 0.6) is 0 Å². The maximum absolute atomic E-state index is 9.83.